The highest BCUT2D eigenvalue weighted by Crippen LogP contribution is 2.27. The molecule has 2 rings (SSSR count). The van der Waals surface area contributed by atoms with Crippen LogP contribution < -0.4 is 10.0 Å². The molecule has 82 valence electrons. The predicted octanol–water partition coefficient (Wildman–Crippen LogP) is 0.951. The van der Waals surface area contributed by atoms with Crippen LogP contribution in [0.15, 0.2) is 23.1 Å². The van der Waals surface area contributed by atoms with E-state index in [1.165, 1.54) is 7.05 Å². The third-order valence-corrected chi connectivity index (χ3v) is 4.00. The van der Waals surface area contributed by atoms with E-state index in [1.54, 1.807) is 12.1 Å². The van der Waals surface area contributed by atoms with Crippen molar-refractivity contribution in [2.24, 2.45) is 0 Å². The maximum Gasteiger partial charge on any atom is 0.240 e. The first-order valence-corrected chi connectivity index (χ1v) is 6.34. The van der Waals surface area contributed by atoms with Crippen LogP contribution in [0.2, 0.25) is 0 Å². The van der Waals surface area contributed by atoms with E-state index in [1.807, 2.05) is 6.07 Å². The fourth-order valence-corrected chi connectivity index (χ4v) is 2.59. The second kappa shape index (κ2) is 3.50. The van der Waals surface area contributed by atoms with E-state index in [9.17, 15) is 8.42 Å². The summed E-state index contributed by atoms with van der Waals surface area (Å²) in [6.45, 7) is 2.08. The lowest BCUT2D eigenvalue weighted by atomic mass is 10.1. The molecule has 4 nitrogen and oxygen atoms in total. The Morgan fingerprint density at radius 1 is 1.47 bits per heavy atom. The lowest BCUT2D eigenvalue weighted by Crippen LogP contribution is -2.18. The number of sulfonamides is 1. The van der Waals surface area contributed by atoms with Crippen LogP contribution in [0.3, 0.4) is 0 Å². The van der Waals surface area contributed by atoms with Gasteiger partial charge in [-0.25, -0.2) is 13.1 Å². The van der Waals surface area contributed by atoms with E-state index in [0.717, 1.165) is 17.7 Å². The average molecular weight is 226 g/mol. The van der Waals surface area contributed by atoms with E-state index in [2.05, 4.69) is 17.0 Å². The Kier molecular flexibility index (Phi) is 2.44. The lowest BCUT2D eigenvalue weighted by molar-refractivity contribution is 0.588. The molecule has 5 heteroatoms. The summed E-state index contributed by atoms with van der Waals surface area (Å²) in [5.41, 5.74) is 2.11. The second-order valence-corrected chi connectivity index (χ2v) is 5.66. The van der Waals surface area contributed by atoms with Crippen LogP contribution in [-0.4, -0.2) is 21.5 Å². The SMILES string of the molecule is CNS(=O)(=O)c1ccc2c(c1)C[C@H](C)N2. The first-order chi connectivity index (χ1) is 7.03. The molecule has 0 saturated carbocycles. The standard InChI is InChI=1S/C10H14N2O2S/c1-7-5-8-6-9(15(13,14)11-2)3-4-10(8)12-7/h3-4,6-7,11-12H,5H2,1-2H3/t7-/m0/s1. The van der Waals surface area contributed by atoms with Crippen LogP contribution in [0.1, 0.15) is 12.5 Å². The molecule has 0 aliphatic carbocycles. The topological polar surface area (TPSA) is 58.2 Å². The molecule has 1 aromatic rings. The number of fused-ring (bicyclic) bond motifs is 1. The Labute approximate surface area is 89.7 Å². The number of benzene rings is 1. The minimum atomic E-state index is -3.32. The van der Waals surface area contributed by atoms with Gasteiger partial charge in [-0.05, 0) is 44.2 Å². The fourth-order valence-electron chi connectivity index (χ4n) is 1.81. The van der Waals surface area contributed by atoms with Gasteiger partial charge in [0, 0.05) is 11.7 Å². The van der Waals surface area contributed by atoms with Crippen molar-refractivity contribution in [3.8, 4) is 0 Å². The fraction of sp³-hybridized carbons (Fsp3) is 0.400. The minimum absolute atomic E-state index is 0.333. The molecule has 1 atom stereocenters. The number of hydrogen-bond acceptors (Lipinski definition) is 3. The maximum absolute atomic E-state index is 11.6. The summed E-state index contributed by atoms with van der Waals surface area (Å²) in [5.74, 6) is 0. The molecule has 0 aromatic heterocycles. The highest BCUT2D eigenvalue weighted by molar-refractivity contribution is 7.89. The van der Waals surface area contributed by atoms with Crippen molar-refractivity contribution in [2.45, 2.75) is 24.3 Å². The zero-order valence-electron chi connectivity index (χ0n) is 8.74. The normalized spacial score (nSPS) is 19.7. The largest absolute Gasteiger partial charge is 0.382 e. The predicted molar refractivity (Wildman–Crippen MR) is 59.5 cm³/mol. The molecule has 2 N–H and O–H groups in total. The summed E-state index contributed by atoms with van der Waals surface area (Å²) in [5, 5.41) is 3.28. The van der Waals surface area contributed by atoms with Gasteiger partial charge in [0.1, 0.15) is 0 Å². The summed E-state index contributed by atoms with van der Waals surface area (Å²) in [6, 6.07) is 5.56. The summed E-state index contributed by atoms with van der Waals surface area (Å²) in [4.78, 5) is 0.333. The van der Waals surface area contributed by atoms with Crippen molar-refractivity contribution in [1.29, 1.82) is 0 Å². The van der Waals surface area contributed by atoms with E-state index in [-0.39, 0.29) is 0 Å². The molecule has 0 amide bonds. The molecule has 0 saturated heterocycles. The van der Waals surface area contributed by atoms with Crippen LogP contribution in [0.4, 0.5) is 5.69 Å². The van der Waals surface area contributed by atoms with Gasteiger partial charge in [-0.15, -0.1) is 0 Å². The molecule has 1 aliphatic heterocycles. The molecule has 15 heavy (non-hydrogen) atoms. The molecular formula is C10H14N2O2S. The smallest absolute Gasteiger partial charge is 0.240 e. The van der Waals surface area contributed by atoms with Crippen molar-refractivity contribution in [1.82, 2.24) is 4.72 Å². The Morgan fingerprint density at radius 3 is 2.87 bits per heavy atom. The quantitative estimate of drug-likeness (QED) is 0.789. The molecule has 0 spiro atoms. The van der Waals surface area contributed by atoms with Gasteiger partial charge >= 0.3 is 0 Å². The van der Waals surface area contributed by atoms with Crippen LogP contribution in [0.25, 0.3) is 0 Å². The molecule has 0 fully saturated rings. The van der Waals surface area contributed by atoms with Crippen LogP contribution in [-0.2, 0) is 16.4 Å². The second-order valence-electron chi connectivity index (χ2n) is 3.78. The van der Waals surface area contributed by atoms with Crippen molar-refractivity contribution in [3.05, 3.63) is 23.8 Å². The molecule has 0 unspecified atom stereocenters. The number of rotatable bonds is 2. The van der Waals surface area contributed by atoms with E-state index in [4.69, 9.17) is 0 Å². The molecule has 1 aromatic carbocycles. The van der Waals surface area contributed by atoms with Crippen molar-refractivity contribution >= 4 is 15.7 Å². The van der Waals surface area contributed by atoms with Gasteiger partial charge in [0.2, 0.25) is 10.0 Å². The molecular weight excluding hydrogens is 212 g/mol. The van der Waals surface area contributed by atoms with Crippen LogP contribution in [0, 0.1) is 0 Å². The van der Waals surface area contributed by atoms with Gasteiger partial charge in [0.25, 0.3) is 0 Å². The van der Waals surface area contributed by atoms with E-state index in [0.29, 0.717) is 10.9 Å². The van der Waals surface area contributed by atoms with Crippen molar-refractivity contribution in [2.75, 3.05) is 12.4 Å². The van der Waals surface area contributed by atoms with Gasteiger partial charge in [-0.1, -0.05) is 0 Å². The Balaban J connectivity index is 2.44. The van der Waals surface area contributed by atoms with Gasteiger partial charge in [0.15, 0.2) is 0 Å². The maximum atomic E-state index is 11.6. The Morgan fingerprint density at radius 2 is 2.20 bits per heavy atom. The molecule has 0 bridgehead atoms. The summed E-state index contributed by atoms with van der Waals surface area (Å²) < 4.78 is 25.4. The van der Waals surface area contributed by atoms with Crippen molar-refractivity contribution < 1.29 is 8.42 Å². The first kappa shape index (κ1) is 10.4. The van der Waals surface area contributed by atoms with E-state index >= 15 is 0 Å². The summed E-state index contributed by atoms with van der Waals surface area (Å²) >= 11 is 0. The minimum Gasteiger partial charge on any atom is -0.382 e. The summed E-state index contributed by atoms with van der Waals surface area (Å²) in [6.07, 6.45) is 0.877. The average Bonchev–Trinajstić information content (AvgIpc) is 2.56. The number of nitrogens with one attached hydrogen (secondary N) is 2. The third kappa shape index (κ3) is 1.85. The first-order valence-electron chi connectivity index (χ1n) is 4.86. The van der Waals surface area contributed by atoms with Crippen LogP contribution in [0.5, 0.6) is 0 Å². The van der Waals surface area contributed by atoms with Gasteiger partial charge in [-0.3, -0.25) is 0 Å². The lowest BCUT2D eigenvalue weighted by Gasteiger charge is -2.05. The van der Waals surface area contributed by atoms with Crippen molar-refractivity contribution in [3.63, 3.8) is 0 Å². The Bertz CT molecular complexity index is 482. The molecule has 1 heterocycles. The van der Waals surface area contributed by atoms with E-state index < -0.39 is 10.0 Å². The molecule has 1 aliphatic rings. The number of hydrogen-bond donors (Lipinski definition) is 2. The van der Waals surface area contributed by atoms with Gasteiger partial charge in [-0.2, -0.15) is 0 Å². The monoisotopic (exact) mass is 226 g/mol. The zero-order chi connectivity index (χ0) is 11.1. The number of anilines is 1. The van der Waals surface area contributed by atoms with Gasteiger partial charge in [0.05, 0.1) is 4.90 Å². The third-order valence-electron chi connectivity index (χ3n) is 2.58. The Hall–Kier alpha value is -1.07. The van der Waals surface area contributed by atoms with Crippen LogP contribution >= 0.6 is 0 Å². The summed E-state index contributed by atoms with van der Waals surface area (Å²) in [7, 11) is -1.89. The highest BCUT2D eigenvalue weighted by Gasteiger charge is 2.19. The molecule has 0 radical (unpaired) electrons. The van der Waals surface area contributed by atoms with Gasteiger partial charge < -0.3 is 5.32 Å². The zero-order valence-corrected chi connectivity index (χ0v) is 9.56. The highest BCUT2D eigenvalue weighted by atomic mass is 32.2.